The van der Waals surface area contributed by atoms with Crippen molar-refractivity contribution < 1.29 is 14.6 Å². The van der Waals surface area contributed by atoms with Crippen LogP contribution in [0.3, 0.4) is 0 Å². The van der Waals surface area contributed by atoms with Gasteiger partial charge in [0, 0.05) is 9.75 Å². The molecule has 1 heterocycles. The lowest BCUT2D eigenvalue weighted by Crippen LogP contribution is -2.03. The Hall–Kier alpha value is -1.52. The van der Waals surface area contributed by atoms with Crippen LogP contribution >= 0.6 is 11.3 Å². The van der Waals surface area contributed by atoms with E-state index in [1.165, 1.54) is 4.88 Å². The van der Waals surface area contributed by atoms with Gasteiger partial charge >= 0.3 is 0 Å². The van der Waals surface area contributed by atoms with Gasteiger partial charge in [-0.1, -0.05) is 13.0 Å². The van der Waals surface area contributed by atoms with Crippen LogP contribution in [0.4, 0.5) is 0 Å². The van der Waals surface area contributed by atoms with Crippen molar-refractivity contribution in [2.24, 2.45) is 0 Å². The van der Waals surface area contributed by atoms with Gasteiger partial charge in [-0.15, -0.1) is 11.3 Å². The van der Waals surface area contributed by atoms with Crippen molar-refractivity contribution in [3.63, 3.8) is 0 Å². The summed E-state index contributed by atoms with van der Waals surface area (Å²) in [5.74, 6) is 1.27. The molecule has 1 aromatic heterocycles. The van der Waals surface area contributed by atoms with E-state index >= 15 is 0 Å². The summed E-state index contributed by atoms with van der Waals surface area (Å²) in [5, 5.41) is 10.6. The molecule has 4 heteroatoms. The molecule has 0 saturated carbocycles. The molecule has 2 aromatic rings. The van der Waals surface area contributed by atoms with Gasteiger partial charge in [-0.3, -0.25) is 0 Å². The summed E-state index contributed by atoms with van der Waals surface area (Å²) < 4.78 is 10.7. The zero-order valence-electron chi connectivity index (χ0n) is 11.3. The summed E-state index contributed by atoms with van der Waals surface area (Å²) >= 11 is 1.61. The van der Waals surface area contributed by atoms with Crippen LogP contribution in [0.15, 0.2) is 30.3 Å². The summed E-state index contributed by atoms with van der Waals surface area (Å²) in [6, 6.07) is 9.51. The predicted molar refractivity (Wildman–Crippen MR) is 77.3 cm³/mol. The predicted octanol–water partition coefficient (Wildman–Crippen LogP) is 3.41. The van der Waals surface area contributed by atoms with E-state index in [9.17, 15) is 5.11 Å². The second-order valence-electron chi connectivity index (χ2n) is 4.14. The summed E-state index contributed by atoms with van der Waals surface area (Å²) in [5.41, 5.74) is 0.678. The van der Waals surface area contributed by atoms with Gasteiger partial charge < -0.3 is 14.6 Å². The average molecular weight is 278 g/mol. The Balaban J connectivity index is 2.44. The molecule has 0 radical (unpaired) electrons. The van der Waals surface area contributed by atoms with Crippen molar-refractivity contribution in [1.29, 1.82) is 0 Å². The molecule has 3 nitrogen and oxygen atoms in total. The van der Waals surface area contributed by atoms with Crippen LogP contribution in [-0.2, 0) is 6.42 Å². The number of benzene rings is 1. The van der Waals surface area contributed by atoms with Gasteiger partial charge in [0.1, 0.15) is 17.6 Å². The Morgan fingerprint density at radius 2 is 1.74 bits per heavy atom. The SMILES string of the molecule is CCc1ccc(C(O)c2c(OC)cccc2OC)s1. The van der Waals surface area contributed by atoms with Gasteiger partial charge in [-0.05, 0) is 30.7 Å². The lowest BCUT2D eigenvalue weighted by atomic mass is 10.1. The molecule has 1 atom stereocenters. The minimum Gasteiger partial charge on any atom is -0.496 e. The molecule has 0 spiro atoms. The molecule has 0 bridgehead atoms. The molecule has 0 saturated heterocycles. The Labute approximate surface area is 117 Å². The van der Waals surface area contributed by atoms with Gasteiger partial charge in [-0.25, -0.2) is 0 Å². The number of aliphatic hydroxyl groups excluding tert-OH is 1. The fourth-order valence-corrected chi connectivity index (χ4v) is 2.97. The number of aryl methyl sites for hydroxylation is 1. The van der Waals surface area contributed by atoms with Crippen LogP contribution < -0.4 is 9.47 Å². The molecular formula is C15H18O3S. The highest BCUT2D eigenvalue weighted by Crippen LogP contribution is 2.39. The summed E-state index contributed by atoms with van der Waals surface area (Å²) in [7, 11) is 3.19. The number of ether oxygens (including phenoxy) is 2. The largest absolute Gasteiger partial charge is 0.496 e. The Morgan fingerprint density at radius 3 is 2.21 bits per heavy atom. The van der Waals surface area contributed by atoms with Crippen molar-refractivity contribution in [2.75, 3.05) is 14.2 Å². The molecule has 0 aliphatic carbocycles. The fourth-order valence-electron chi connectivity index (χ4n) is 2.02. The molecule has 2 rings (SSSR count). The lowest BCUT2D eigenvalue weighted by Gasteiger charge is -2.17. The van der Waals surface area contributed by atoms with Crippen molar-refractivity contribution in [3.05, 3.63) is 45.6 Å². The van der Waals surface area contributed by atoms with E-state index in [2.05, 4.69) is 6.92 Å². The standard InChI is InChI=1S/C15H18O3S/c1-4-10-8-9-13(19-10)15(16)14-11(17-2)6-5-7-12(14)18-3/h5-9,15-16H,4H2,1-3H3. The van der Waals surface area contributed by atoms with E-state index in [1.54, 1.807) is 25.6 Å². The summed E-state index contributed by atoms with van der Waals surface area (Å²) in [6.07, 6.45) is 0.247. The highest BCUT2D eigenvalue weighted by Gasteiger charge is 2.21. The fraction of sp³-hybridized carbons (Fsp3) is 0.333. The number of rotatable bonds is 5. The van der Waals surface area contributed by atoms with E-state index in [0.29, 0.717) is 17.1 Å². The molecule has 0 aliphatic heterocycles. The van der Waals surface area contributed by atoms with Crippen LogP contribution in [0.25, 0.3) is 0 Å². The van der Waals surface area contributed by atoms with E-state index in [0.717, 1.165) is 11.3 Å². The topological polar surface area (TPSA) is 38.7 Å². The quantitative estimate of drug-likeness (QED) is 0.911. The van der Waals surface area contributed by atoms with Gasteiger partial charge in [0.2, 0.25) is 0 Å². The van der Waals surface area contributed by atoms with E-state index in [-0.39, 0.29) is 0 Å². The molecule has 0 aliphatic rings. The first-order valence-electron chi connectivity index (χ1n) is 6.18. The molecule has 1 aromatic carbocycles. The lowest BCUT2D eigenvalue weighted by molar-refractivity contribution is 0.212. The van der Waals surface area contributed by atoms with Gasteiger partial charge in [-0.2, -0.15) is 0 Å². The summed E-state index contributed by atoms with van der Waals surface area (Å²) in [6.45, 7) is 2.10. The molecular weight excluding hydrogens is 260 g/mol. The zero-order valence-corrected chi connectivity index (χ0v) is 12.2. The Morgan fingerprint density at radius 1 is 1.11 bits per heavy atom. The summed E-state index contributed by atoms with van der Waals surface area (Å²) in [4.78, 5) is 2.16. The van der Waals surface area contributed by atoms with Crippen LogP contribution in [-0.4, -0.2) is 19.3 Å². The van der Waals surface area contributed by atoms with E-state index in [4.69, 9.17) is 9.47 Å². The first-order chi connectivity index (χ1) is 9.21. The van der Waals surface area contributed by atoms with E-state index in [1.807, 2.05) is 30.3 Å². The highest BCUT2D eigenvalue weighted by molar-refractivity contribution is 7.12. The maximum atomic E-state index is 10.6. The van der Waals surface area contributed by atoms with Crippen molar-refractivity contribution in [1.82, 2.24) is 0 Å². The number of methoxy groups -OCH3 is 2. The highest BCUT2D eigenvalue weighted by atomic mass is 32.1. The monoisotopic (exact) mass is 278 g/mol. The van der Waals surface area contributed by atoms with E-state index < -0.39 is 6.10 Å². The Kier molecular flexibility index (Phi) is 4.45. The zero-order chi connectivity index (χ0) is 13.8. The second-order valence-corrected chi connectivity index (χ2v) is 5.34. The van der Waals surface area contributed by atoms with Crippen LogP contribution in [0.1, 0.15) is 28.3 Å². The molecule has 1 unspecified atom stereocenters. The minimum atomic E-state index is -0.726. The van der Waals surface area contributed by atoms with Crippen LogP contribution in [0, 0.1) is 0 Å². The number of hydrogen-bond donors (Lipinski definition) is 1. The van der Waals surface area contributed by atoms with Crippen LogP contribution in [0.5, 0.6) is 11.5 Å². The van der Waals surface area contributed by atoms with Crippen LogP contribution in [0.2, 0.25) is 0 Å². The third-order valence-electron chi connectivity index (χ3n) is 3.04. The smallest absolute Gasteiger partial charge is 0.128 e. The van der Waals surface area contributed by atoms with Gasteiger partial charge in [0.15, 0.2) is 0 Å². The first-order valence-corrected chi connectivity index (χ1v) is 7.00. The second kappa shape index (κ2) is 6.08. The van der Waals surface area contributed by atoms with Crippen molar-refractivity contribution in [2.45, 2.75) is 19.4 Å². The van der Waals surface area contributed by atoms with Gasteiger partial charge in [0.25, 0.3) is 0 Å². The minimum absolute atomic E-state index is 0.637. The van der Waals surface area contributed by atoms with Gasteiger partial charge in [0.05, 0.1) is 19.8 Å². The third-order valence-corrected chi connectivity index (χ3v) is 4.32. The van der Waals surface area contributed by atoms with Crippen molar-refractivity contribution in [3.8, 4) is 11.5 Å². The third kappa shape index (κ3) is 2.74. The molecule has 1 N–H and O–H groups in total. The maximum absolute atomic E-state index is 10.6. The molecule has 19 heavy (non-hydrogen) atoms. The number of hydrogen-bond acceptors (Lipinski definition) is 4. The normalized spacial score (nSPS) is 12.2. The maximum Gasteiger partial charge on any atom is 0.128 e. The average Bonchev–Trinajstić information content (AvgIpc) is 2.94. The Bertz CT molecular complexity index is 526. The number of thiophene rings is 1. The number of aliphatic hydroxyl groups is 1. The molecule has 102 valence electrons. The van der Waals surface area contributed by atoms with Crippen molar-refractivity contribution >= 4 is 11.3 Å². The molecule has 0 amide bonds. The first kappa shape index (κ1) is 13.9. The molecule has 0 fully saturated rings.